The van der Waals surface area contributed by atoms with E-state index in [9.17, 15) is 4.79 Å². The summed E-state index contributed by atoms with van der Waals surface area (Å²) in [7, 11) is 0. The minimum Gasteiger partial charge on any atom is -0.423 e. The number of rotatable bonds is 4. The van der Waals surface area contributed by atoms with Crippen LogP contribution in [0.25, 0.3) is 11.5 Å². The molecule has 0 aliphatic heterocycles. The van der Waals surface area contributed by atoms with Crippen molar-refractivity contribution in [2.24, 2.45) is 5.73 Å². The van der Waals surface area contributed by atoms with Gasteiger partial charge in [0.25, 0.3) is 0 Å². The monoisotopic (exact) mass is 286 g/mol. The molecule has 2 aromatic rings. The summed E-state index contributed by atoms with van der Waals surface area (Å²) in [6.45, 7) is 1.94. The average Bonchev–Trinajstić information content (AvgIpc) is 2.93. The number of nitrogens with zero attached hydrogens (tertiary/aromatic N) is 2. The standard InChI is InChI=1S/C15H18N4O2/c1-10-3-4-11(14-19-17-9-21-14)7-12(10)18-13(20)8-15(16)5-2-6-15/h3-4,7,9H,2,5-6,8,16H2,1H3,(H,18,20). The summed E-state index contributed by atoms with van der Waals surface area (Å²) in [5, 5.41) is 10.5. The van der Waals surface area contributed by atoms with Crippen molar-refractivity contribution in [3.8, 4) is 11.5 Å². The Labute approximate surface area is 122 Å². The Morgan fingerprint density at radius 3 is 2.90 bits per heavy atom. The summed E-state index contributed by atoms with van der Waals surface area (Å²) in [6, 6.07) is 5.64. The number of carbonyl (C=O) groups excluding carboxylic acids is 1. The van der Waals surface area contributed by atoms with Gasteiger partial charge in [-0.3, -0.25) is 4.79 Å². The van der Waals surface area contributed by atoms with Gasteiger partial charge in [-0.2, -0.15) is 0 Å². The number of hydrogen-bond acceptors (Lipinski definition) is 5. The summed E-state index contributed by atoms with van der Waals surface area (Å²) in [5.74, 6) is 0.378. The van der Waals surface area contributed by atoms with Crippen LogP contribution < -0.4 is 11.1 Å². The van der Waals surface area contributed by atoms with Crippen molar-refractivity contribution in [2.75, 3.05) is 5.32 Å². The van der Waals surface area contributed by atoms with Crippen LogP contribution in [0.3, 0.4) is 0 Å². The molecule has 0 unspecified atom stereocenters. The van der Waals surface area contributed by atoms with E-state index in [4.69, 9.17) is 10.2 Å². The molecular weight excluding hydrogens is 268 g/mol. The fourth-order valence-electron chi connectivity index (χ4n) is 2.51. The fourth-order valence-corrected chi connectivity index (χ4v) is 2.51. The number of amides is 1. The number of benzene rings is 1. The van der Waals surface area contributed by atoms with Gasteiger partial charge in [-0.15, -0.1) is 10.2 Å². The minimum atomic E-state index is -0.317. The smallest absolute Gasteiger partial charge is 0.247 e. The predicted octanol–water partition coefficient (Wildman–Crippen LogP) is 2.26. The Kier molecular flexibility index (Phi) is 3.47. The lowest BCUT2D eigenvalue weighted by Crippen LogP contribution is -2.48. The van der Waals surface area contributed by atoms with E-state index in [1.54, 1.807) is 0 Å². The minimum absolute atomic E-state index is 0.0528. The third-order valence-electron chi connectivity index (χ3n) is 3.98. The maximum atomic E-state index is 12.1. The van der Waals surface area contributed by atoms with E-state index in [1.807, 2.05) is 25.1 Å². The molecule has 3 rings (SSSR count). The molecule has 1 amide bonds. The number of nitrogens with two attached hydrogens (primary N) is 1. The predicted molar refractivity (Wildman–Crippen MR) is 78.5 cm³/mol. The highest BCUT2D eigenvalue weighted by Gasteiger charge is 2.34. The molecule has 1 fully saturated rings. The molecule has 1 aromatic heterocycles. The van der Waals surface area contributed by atoms with E-state index in [0.29, 0.717) is 12.3 Å². The lowest BCUT2D eigenvalue weighted by Gasteiger charge is -2.37. The fraction of sp³-hybridized carbons (Fsp3) is 0.400. The normalized spacial score (nSPS) is 16.3. The van der Waals surface area contributed by atoms with Crippen LogP contribution in [0.1, 0.15) is 31.2 Å². The van der Waals surface area contributed by atoms with Gasteiger partial charge in [0, 0.05) is 23.2 Å². The number of carbonyl (C=O) groups is 1. The van der Waals surface area contributed by atoms with Crippen LogP contribution in [0.5, 0.6) is 0 Å². The second-order valence-electron chi connectivity index (χ2n) is 5.71. The number of aromatic nitrogens is 2. The second kappa shape index (κ2) is 5.29. The maximum Gasteiger partial charge on any atom is 0.247 e. The quantitative estimate of drug-likeness (QED) is 0.899. The first-order valence-corrected chi connectivity index (χ1v) is 7.02. The lowest BCUT2D eigenvalue weighted by atomic mass is 9.75. The first-order chi connectivity index (χ1) is 10.1. The molecule has 0 spiro atoms. The second-order valence-corrected chi connectivity index (χ2v) is 5.71. The molecule has 1 saturated carbocycles. The number of anilines is 1. The molecule has 0 atom stereocenters. The molecular formula is C15H18N4O2. The first-order valence-electron chi connectivity index (χ1n) is 7.02. The van der Waals surface area contributed by atoms with Crippen molar-refractivity contribution in [1.29, 1.82) is 0 Å². The lowest BCUT2D eigenvalue weighted by molar-refractivity contribution is -0.118. The van der Waals surface area contributed by atoms with E-state index >= 15 is 0 Å². The molecule has 21 heavy (non-hydrogen) atoms. The SMILES string of the molecule is Cc1ccc(-c2nnco2)cc1NC(=O)CC1(N)CCC1. The molecule has 1 aliphatic carbocycles. The van der Waals surface area contributed by atoms with E-state index < -0.39 is 0 Å². The van der Waals surface area contributed by atoms with Gasteiger partial charge in [-0.25, -0.2) is 0 Å². The van der Waals surface area contributed by atoms with E-state index in [0.717, 1.165) is 36.1 Å². The van der Waals surface area contributed by atoms with Gasteiger partial charge < -0.3 is 15.5 Å². The highest BCUT2D eigenvalue weighted by molar-refractivity contribution is 5.93. The summed E-state index contributed by atoms with van der Waals surface area (Å²) >= 11 is 0. The molecule has 6 nitrogen and oxygen atoms in total. The van der Waals surface area contributed by atoms with Crippen molar-refractivity contribution in [3.63, 3.8) is 0 Å². The Morgan fingerprint density at radius 1 is 1.48 bits per heavy atom. The zero-order chi connectivity index (χ0) is 14.9. The Morgan fingerprint density at radius 2 is 2.29 bits per heavy atom. The molecule has 110 valence electrons. The van der Waals surface area contributed by atoms with Gasteiger partial charge in [-0.05, 0) is 43.9 Å². The molecule has 0 saturated heterocycles. The summed E-state index contributed by atoms with van der Waals surface area (Å²) in [4.78, 5) is 12.1. The van der Waals surface area contributed by atoms with Crippen molar-refractivity contribution in [2.45, 2.75) is 38.1 Å². The highest BCUT2D eigenvalue weighted by Crippen LogP contribution is 2.32. The van der Waals surface area contributed by atoms with Crippen molar-refractivity contribution >= 4 is 11.6 Å². The van der Waals surface area contributed by atoms with Crippen LogP contribution in [-0.4, -0.2) is 21.6 Å². The van der Waals surface area contributed by atoms with E-state index in [1.165, 1.54) is 6.39 Å². The molecule has 1 aromatic carbocycles. The molecule has 3 N–H and O–H groups in total. The third-order valence-corrected chi connectivity index (χ3v) is 3.98. The van der Waals surface area contributed by atoms with Gasteiger partial charge in [-0.1, -0.05) is 6.07 Å². The largest absolute Gasteiger partial charge is 0.423 e. The topological polar surface area (TPSA) is 94.0 Å². The highest BCUT2D eigenvalue weighted by atomic mass is 16.4. The summed E-state index contributed by atoms with van der Waals surface area (Å²) in [5.41, 5.74) is 8.30. The number of aryl methyl sites for hydroxylation is 1. The average molecular weight is 286 g/mol. The van der Waals surface area contributed by atoms with Crippen molar-refractivity contribution < 1.29 is 9.21 Å². The molecule has 6 heteroatoms. The molecule has 1 heterocycles. The van der Waals surface area contributed by atoms with Crippen LogP contribution in [0, 0.1) is 6.92 Å². The zero-order valence-corrected chi connectivity index (χ0v) is 11.9. The van der Waals surface area contributed by atoms with Gasteiger partial charge >= 0.3 is 0 Å². The Bertz CT molecular complexity index is 648. The first kappa shape index (κ1) is 13.8. The number of hydrogen-bond donors (Lipinski definition) is 2. The van der Waals surface area contributed by atoms with Crippen LogP contribution in [0.15, 0.2) is 29.0 Å². The summed E-state index contributed by atoms with van der Waals surface area (Å²) in [6.07, 6.45) is 4.58. The van der Waals surface area contributed by atoms with Gasteiger partial charge in [0.05, 0.1) is 0 Å². The maximum absolute atomic E-state index is 12.1. The van der Waals surface area contributed by atoms with Crippen LogP contribution in [0.2, 0.25) is 0 Å². The number of nitrogens with one attached hydrogen (secondary N) is 1. The van der Waals surface area contributed by atoms with E-state index in [-0.39, 0.29) is 11.4 Å². The van der Waals surface area contributed by atoms with Crippen LogP contribution >= 0.6 is 0 Å². The van der Waals surface area contributed by atoms with E-state index in [2.05, 4.69) is 15.5 Å². The van der Waals surface area contributed by atoms with Gasteiger partial charge in [0.1, 0.15) is 0 Å². The molecule has 0 radical (unpaired) electrons. The Balaban J connectivity index is 1.75. The molecule has 0 bridgehead atoms. The third kappa shape index (κ3) is 2.95. The summed E-state index contributed by atoms with van der Waals surface area (Å²) < 4.78 is 5.17. The Hall–Kier alpha value is -2.21. The molecule has 1 aliphatic rings. The van der Waals surface area contributed by atoms with Crippen LogP contribution in [0.4, 0.5) is 5.69 Å². The van der Waals surface area contributed by atoms with Crippen molar-refractivity contribution in [1.82, 2.24) is 10.2 Å². The van der Waals surface area contributed by atoms with Gasteiger partial charge in [0.15, 0.2) is 0 Å². The van der Waals surface area contributed by atoms with Crippen molar-refractivity contribution in [3.05, 3.63) is 30.2 Å². The van der Waals surface area contributed by atoms with Crippen LogP contribution in [-0.2, 0) is 4.79 Å². The van der Waals surface area contributed by atoms with Gasteiger partial charge in [0.2, 0.25) is 18.2 Å². The zero-order valence-electron chi connectivity index (χ0n) is 11.9.